The third-order valence-corrected chi connectivity index (χ3v) is 2.92. The first-order valence-electron chi connectivity index (χ1n) is 5.17. The maximum atomic E-state index is 11.6. The van der Waals surface area contributed by atoms with Crippen LogP contribution in [-0.4, -0.2) is 35.7 Å². The van der Waals surface area contributed by atoms with Gasteiger partial charge in [0.1, 0.15) is 12.6 Å². The average molecular weight is 218 g/mol. The van der Waals surface area contributed by atoms with E-state index in [0.717, 1.165) is 5.56 Å². The molecule has 0 unspecified atom stereocenters. The molecule has 16 heavy (non-hydrogen) atoms. The quantitative estimate of drug-likeness (QED) is 0.660. The van der Waals surface area contributed by atoms with Crippen molar-refractivity contribution >= 4 is 11.8 Å². The first kappa shape index (κ1) is 10.7. The molecule has 4 nitrogen and oxygen atoms in total. The average Bonchev–Trinajstić information content (AvgIpc) is 2.28. The maximum Gasteiger partial charge on any atom is 0.233 e. The highest BCUT2D eigenvalue weighted by Gasteiger charge is 2.34. The summed E-state index contributed by atoms with van der Waals surface area (Å²) in [7, 11) is 3.45. The van der Waals surface area contributed by atoms with Crippen molar-refractivity contribution in [2.75, 3.05) is 14.1 Å². The Morgan fingerprint density at radius 3 is 2.00 bits per heavy atom. The first-order chi connectivity index (χ1) is 7.61. The molecule has 1 heterocycles. The summed E-state index contributed by atoms with van der Waals surface area (Å²) < 4.78 is 0. The fraction of sp³-hybridized carbons (Fsp3) is 0.333. The zero-order valence-electron chi connectivity index (χ0n) is 9.38. The number of hydrogen-bond acceptors (Lipinski definition) is 2. The highest BCUT2D eigenvalue weighted by molar-refractivity contribution is 5.99. The molecule has 1 aliphatic rings. The fourth-order valence-corrected chi connectivity index (χ4v) is 1.98. The molecular formula is C12H14N2O2. The summed E-state index contributed by atoms with van der Waals surface area (Å²) in [4.78, 5) is 26.4. The molecule has 0 saturated carbocycles. The van der Waals surface area contributed by atoms with E-state index in [1.165, 1.54) is 0 Å². The number of hydrogen-bond donors (Lipinski definition) is 0. The lowest BCUT2D eigenvalue weighted by Crippen LogP contribution is -2.49. The van der Waals surface area contributed by atoms with Crippen molar-refractivity contribution in [2.45, 2.75) is 12.6 Å². The Hall–Kier alpha value is -1.84. The lowest BCUT2D eigenvalue weighted by atomic mass is 10.1. The molecule has 1 aliphatic heterocycles. The van der Waals surface area contributed by atoms with Crippen LogP contribution in [0.2, 0.25) is 0 Å². The van der Waals surface area contributed by atoms with E-state index < -0.39 is 0 Å². The van der Waals surface area contributed by atoms with Gasteiger partial charge in [-0.2, -0.15) is 0 Å². The molecule has 0 bridgehead atoms. The second-order valence-corrected chi connectivity index (χ2v) is 3.97. The molecular weight excluding hydrogens is 204 g/mol. The van der Waals surface area contributed by atoms with Gasteiger partial charge in [-0.15, -0.1) is 0 Å². The minimum atomic E-state index is -0.282. The van der Waals surface area contributed by atoms with Crippen molar-refractivity contribution in [1.82, 2.24) is 9.80 Å². The Kier molecular flexibility index (Phi) is 2.64. The lowest BCUT2D eigenvalue weighted by molar-refractivity contribution is -0.155. The maximum absolute atomic E-state index is 11.6. The molecule has 0 aromatic heterocycles. The van der Waals surface area contributed by atoms with Crippen LogP contribution in [0.15, 0.2) is 30.3 Å². The van der Waals surface area contributed by atoms with Gasteiger partial charge >= 0.3 is 0 Å². The number of amides is 2. The van der Waals surface area contributed by atoms with Crippen LogP contribution in [0.3, 0.4) is 0 Å². The molecule has 0 radical (unpaired) electrons. The van der Waals surface area contributed by atoms with Gasteiger partial charge in [-0.05, 0) is 5.56 Å². The van der Waals surface area contributed by atoms with Gasteiger partial charge in [-0.1, -0.05) is 30.3 Å². The van der Waals surface area contributed by atoms with Crippen LogP contribution in [0.4, 0.5) is 0 Å². The Labute approximate surface area is 94.5 Å². The van der Waals surface area contributed by atoms with Gasteiger partial charge in [0.05, 0.1) is 0 Å². The molecule has 1 fully saturated rings. The predicted octanol–water partition coefficient (Wildman–Crippen LogP) is 1.01. The van der Waals surface area contributed by atoms with E-state index in [1.54, 1.807) is 23.9 Å². The third kappa shape index (κ3) is 1.66. The molecule has 0 aliphatic carbocycles. The number of rotatable bonds is 1. The summed E-state index contributed by atoms with van der Waals surface area (Å²) >= 11 is 0. The summed E-state index contributed by atoms with van der Waals surface area (Å²) in [6.45, 7) is 0. The van der Waals surface area contributed by atoms with Gasteiger partial charge in [0.25, 0.3) is 0 Å². The van der Waals surface area contributed by atoms with Crippen LogP contribution < -0.4 is 0 Å². The largest absolute Gasteiger partial charge is 0.321 e. The fourth-order valence-electron chi connectivity index (χ4n) is 1.98. The van der Waals surface area contributed by atoms with Gasteiger partial charge in [0, 0.05) is 14.1 Å². The highest BCUT2D eigenvalue weighted by Crippen LogP contribution is 2.27. The summed E-state index contributed by atoms with van der Waals surface area (Å²) in [6, 6.07) is 9.56. The summed E-state index contributed by atoms with van der Waals surface area (Å²) in [5.74, 6) is -0.256. The molecule has 84 valence electrons. The smallest absolute Gasteiger partial charge is 0.233 e. The number of nitrogens with zero attached hydrogens (tertiary/aromatic N) is 2. The van der Waals surface area contributed by atoms with Gasteiger partial charge in [-0.3, -0.25) is 9.59 Å². The number of carbonyl (C=O) groups excluding carboxylic acids is 2. The van der Waals surface area contributed by atoms with E-state index >= 15 is 0 Å². The van der Waals surface area contributed by atoms with E-state index in [2.05, 4.69) is 0 Å². The van der Waals surface area contributed by atoms with Gasteiger partial charge in [0.15, 0.2) is 0 Å². The molecule has 1 aromatic carbocycles. The van der Waals surface area contributed by atoms with Crippen LogP contribution in [0, 0.1) is 0 Å². The van der Waals surface area contributed by atoms with Gasteiger partial charge < -0.3 is 9.80 Å². The summed E-state index contributed by atoms with van der Waals surface area (Å²) in [5.41, 5.74) is 0.953. The third-order valence-electron chi connectivity index (χ3n) is 2.92. The minimum Gasteiger partial charge on any atom is -0.321 e. The molecule has 0 N–H and O–H groups in total. The monoisotopic (exact) mass is 218 g/mol. The second-order valence-electron chi connectivity index (χ2n) is 3.97. The van der Waals surface area contributed by atoms with E-state index in [-0.39, 0.29) is 24.4 Å². The molecule has 4 heteroatoms. The van der Waals surface area contributed by atoms with Crippen molar-refractivity contribution in [3.63, 3.8) is 0 Å². The SMILES string of the molecule is CN1C(=O)CC(=O)N(C)C1c1ccccc1. The molecule has 2 amide bonds. The second kappa shape index (κ2) is 3.96. The van der Waals surface area contributed by atoms with Crippen molar-refractivity contribution in [3.05, 3.63) is 35.9 Å². The Balaban J connectivity index is 2.37. The van der Waals surface area contributed by atoms with E-state index in [0.29, 0.717) is 0 Å². The van der Waals surface area contributed by atoms with Crippen LogP contribution in [0.1, 0.15) is 18.2 Å². The Bertz CT molecular complexity index is 396. The molecule has 2 rings (SSSR count). The number of benzene rings is 1. The standard InChI is InChI=1S/C12H14N2O2/c1-13-10(15)8-11(16)14(2)12(13)9-6-4-3-5-7-9/h3-7,12H,8H2,1-2H3. The summed E-state index contributed by atoms with van der Waals surface area (Å²) in [5, 5.41) is 0. The van der Waals surface area contributed by atoms with Crippen molar-refractivity contribution in [3.8, 4) is 0 Å². The molecule has 0 atom stereocenters. The van der Waals surface area contributed by atoms with Crippen LogP contribution in [0.25, 0.3) is 0 Å². The van der Waals surface area contributed by atoms with E-state index in [9.17, 15) is 9.59 Å². The molecule has 1 aromatic rings. The minimum absolute atomic E-state index is 0.0314. The van der Waals surface area contributed by atoms with Crippen molar-refractivity contribution in [1.29, 1.82) is 0 Å². The summed E-state index contributed by atoms with van der Waals surface area (Å²) in [6.07, 6.45) is -0.314. The topological polar surface area (TPSA) is 40.6 Å². The van der Waals surface area contributed by atoms with Crippen LogP contribution >= 0.6 is 0 Å². The molecule has 1 saturated heterocycles. The van der Waals surface area contributed by atoms with Crippen molar-refractivity contribution in [2.24, 2.45) is 0 Å². The van der Waals surface area contributed by atoms with E-state index in [4.69, 9.17) is 0 Å². The normalized spacial score (nSPS) is 18.1. The zero-order valence-corrected chi connectivity index (χ0v) is 9.38. The van der Waals surface area contributed by atoms with Gasteiger partial charge in [0.2, 0.25) is 11.8 Å². The number of carbonyl (C=O) groups is 2. The Morgan fingerprint density at radius 1 is 1.00 bits per heavy atom. The first-order valence-corrected chi connectivity index (χ1v) is 5.17. The van der Waals surface area contributed by atoms with E-state index in [1.807, 2.05) is 30.3 Å². The van der Waals surface area contributed by atoms with Crippen LogP contribution in [-0.2, 0) is 9.59 Å². The lowest BCUT2D eigenvalue weighted by Gasteiger charge is -2.39. The van der Waals surface area contributed by atoms with Crippen LogP contribution in [0.5, 0.6) is 0 Å². The van der Waals surface area contributed by atoms with Crippen molar-refractivity contribution < 1.29 is 9.59 Å². The highest BCUT2D eigenvalue weighted by atomic mass is 16.2. The predicted molar refractivity (Wildman–Crippen MR) is 59.3 cm³/mol. The zero-order chi connectivity index (χ0) is 11.7. The Morgan fingerprint density at radius 2 is 1.50 bits per heavy atom. The molecule has 0 spiro atoms. The van der Waals surface area contributed by atoms with Gasteiger partial charge in [-0.25, -0.2) is 0 Å².